The lowest BCUT2D eigenvalue weighted by Crippen LogP contribution is -2.21. The molecule has 0 fully saturated rings. The number of halogens is 3. The van der Waals surface area contributed by atoms with Crippen LogP contribution in [0.15, 0.2) is 28.1 Å². The third kappa shape index (κ3) is 3.53. The number of rotatable bonds is 4. The van der Waals surface area contributed by atoms with E-state index in [2.05, 4.69) is 41.2 Å². The van der Waals surface area contributed by atoms with Gasteiger partial charge in [-0.1, -0.05) is 36.2 Å². The number of hydrogen-bond acceptors (Lipinski definition) is 2. The molecule has 2 rings (SSSR count). The summed E-state index contributed by atoms with van der Waals surface area (Å²) in [6.07, 6.45) is 0. The van der Waals surface area contributed by atoms with E-state index in [-0.39, 0.29) is 6.04 Å². The van der Waals surface area contributed by atoms with Crippen LogP contribution in [0.25, 0.3) is 0 Å². The Morgan fingerprint density at radius 1 is 1.32 bits per heavy atom. The van der Waals surface area contributed by atoms with E-state index < -0.39 is 0 Å². The van der Waals surface area contributed by atoms with E-state index in [1.54, 1.807) is 17.4 Å². The normalized spacial score (nSPS) is 12.7. The van der Waals surface area contributed by atoms with Crippen LogP contribution in [0.5, 0.6) is 0 Å². The Hall–Kier alpha value is -0.0600. The molecule has 0 radical (unpaired) electrons. The molecule has 0 amide bonds. The van der Waals surface area contributed by atoms with Gasteiger partial charge in [0.05, 0.1) is 9.83 Å². The van der Waals surface area contributed by atoms with Crippen LogP contribution in [0.1, 0.15) is 29.0 Å². The summed E-state index contributed by atoms with van der Waals surface area (Å²) in [5.74, 6) is 0. The van der Waals surface area contributed by atoms with Crippen molar-refractivity contribution in [2.24, 2.45) is 0 Å². The van der Waals surface area contributed by atoms with Crippen molar-refractivity contribution < 1.29 is 0 Å². The molecule has 1 aromatic carbocycles. The average molecular weight is 379 g/mol. The first kappa shape index (κ1) is 15.3. The minimum absolute atomic E-state index is 0.102. The van der Waals surface area contributed by atoms with Crippen molar-refractivity contribution in [3.8, 4) is 0 Å². The van der Waals surface area contributed by atoms with Gasteiger partial charge in [-0.15, -0.1) is 11.3 Å². The maximum atomic E-state index is 6.32. The zero-order chi connectivity index (χ0) is 14.0. The van der Waals surface area contributed by atoms with Crippen LogP contribution >= 0.6 is 50.5 Å². The molecule has 0 saturated heterocycles. The van der Waals surface area contributed by atoms with Crippen LogP contribution in [-0.4, -0.2) is 6.54 Å². The molecule has 1 N–H and O–H groups in total. The molecular weight excluding hydrogens is 365 g/mol. The predicted octanol–water partition coefficient (Wildman–Crippen LogP) is 5.82. The fourth-order valence-corrected chi connectivity index (χ4v) is 4.11. The minimum Gasteiger partial charge on any atom is -0.306 e. The van der Waals surface area contributed by atoms with Crippen molar-refractivity contribution in [3.63, 3.8) is 0 Å². The molecule has 1 unspecified atom stereocenters. The fourth-order valence-electron chi connectivity index (χ4n) is 1.93. The third-order valence-corrected chi connectivity index (χ3v) is 5.61. The molecule has 0 saturated carbocycles. The smallest absolute Gasteiger partial charge is 0.0731 e. The molecule has 0 aliphatic carbocycles. The first-order valence-electron chi connectivity index (χ1n) is 5.97. The summed E-state index contributed by atoms with van der Waals surface area (Å²) in [7, 11) is 0. The van der Waals surface area contributed by atoms with E-state index in [1.807, 2.05) is 12.1 Å². The van der Waals surface area contributed by atoms with Gasteiger partial charge in [0.1, 0.15) is 0 Å². The second-order valence-electron chi connectivity index (χ2n) is 4.26. The second-order valence-corrected chi connectivity index (χ2v) is 7.51. The average Bonchev–Trinajstić information content (AvgIpc) is 2.67. The Morgan fingerprint density at radius 2 is 2.05 bits per heavy atom. The first-order chi connectivity index (χ1) is 9.02. The molecule has 2 aromatic rings. The van der Waals surface area contributed by atoms with Gasteiger partial charge in [0.25, 0.3) is 0 Å². The molecule has 102 valence electrons. The summed E-state index contributed by atoms with van der Waals surface area (Å²) in [6.45, 7) is 5.06. The van der Waals surface area contributed by atoms with Crippen molar-refractivity contribution in [2.45, 2.75) is 19.9 Å². The SMILES string of the molecule is CCNC(c1cc(C)c(Br)s1)c1ccc(Cl)cc1Cl. The molecule has 0 bridgehead atoms. The van der Waals surface area contributed by atoms with Gasteiger partial charge >= 0.3 is 0 Å². The standard InChI is InChI=1S/C14H14BrCl2NS/c1-3-18-13(12-6-8(2)14(15)19-12)10-5-4-9(16)7-11(10)17/h4-7,13,18H,3H2,1-2H3. The van der Waals surface area contributed by atoms with E-state index in [0.717, 1.165) is 15.9 Å². The Bertz CT molecular complexity index is 563. The van der Waals surface area contributed by atoms with Crippen LogP contribution in [0, 0.1) is 6.92 Å². The first-order valence-corrected chi connectivity index (χ1v) is 8.33. The third-order valence-electron chi connectivity index (χ3n) is 2.84. The van der Waals surface area contributed by atoms with Gasteiger partial charge in [-0.05, 0) is 58.7 Å². The molecule has 19 heavy (non-hydrogen) atoms. The van der Waals surface area contributed by atoms with E-state index >= 15 is 0 Å². The van der Waals surface area contributed by atoms with Gasteiger partial charge in [-0.25, -0.2) is 0 Å². The zero-order valence-electron chi connectivity index (χ0n) is 10.6. The Morgan fingerprint density at radius 3 is 2.58 bits per heavy atom. The van der Waals surface area contributed by atoms with E-state index in [4.69, 9.17) is 23.2 Å². The van der Waals surface area contributed by atoms with Gasteiger partial charge in [-0.3, -0.25) is 0 Å². The van der Waals surface area contributed by atoms with Crippen LogP contribution in [0.2, 0.25) is 10.0 Å². The lowest BCUT2D eigenvalue weighted by molar-refractivity contribution is 0.640. The number of hydrogen-bond donors (Lipinski definition) is 1. The van der Waals surface area contributed by atoms with Gasteiger partial charge < -0.3 is 5.32 Å². The predicted molar refractivity (Wildman–Crippen MR) is 88.7 cm³/mol. The molecule has 1 aromatic heterocycles. The van der Waals surface area contributed by atoms with E-state index in [9.17, 15) is 0 Å². The van der Waals surface area contributed by atoms with Gasteiger partial charge in [0.15, 0.2) is 0 Å². The zero-order valence-corrected chi connectivity index (χ0v) is 14.6. The monoisotopic (exact) mass is 377 g/mol. The van der Waals surface area contributed by atoms with Crippen molar-refractivity contribution in [3.05, 3.63) is 54.1 Å². The van der Waals surface area contributed by atoms with Crippen molar-refractivity contribution in [1.82, 2.24) is 5.32 Å². The maximum absolute atomic E-state index is 6.32. The lowest BCUT2D eigenvalue weighted by atomic mass is 10.0. The summed E-state index contributed by atoms with van der Waals surface area (Å²) >= 11 is 17.6. The van der Waals surface area contributed by atoms with Crippen molar-refractivity contribution >= 4 is 50.5 Å². The Kier molecular flexibility index (Phi) is 5.32. The summed E-state index contributed by atoms with van der Waals surface area (Å²) in [5, 5.41) is 4.83. The molecule has 1 heterocycles. The van der Waals surface area contributed by atoms with Gasteiger partial charge in [0, 0.05) is 14.9 Å². The molecule has 5 heteroatoms. The van der Waals surface area contributed by atoms with Crippen LogP contribution in [-0.2, 0) is 0 Å². The van der Waals surface area contributed by atoms with Crippen molar-refractivity contribution in [2.75, 3.05) is 6.54 Å². The van der Waals surface area contributed by atoms with Crippen LogP contribution in [0.3, 0.4) is 0 Å². The highest BCUT2D eigenvalue weighted by atomic mass is 79.9. The maximum Gasteiger partial charge on any atom is 0.0731 e. The number of nitrogens with one attached hydrogen (secondary N) is 1. The largest absolute Gasteiger partial charge is 0.306 e. The van der Waals surface area contributed by atoms with E-state index in [0.29, 0.717) is 10.0 Å². The lowest BCUT2D eigenvalue weighted by Gasteiger charge is -2.18. The Labute approximate surface area is 136 Å². The Balaban J connectivity index is 2.44. The molecule has 1 nitrogen and oxygen atoms in total. The number of thiophene rings is 1. The highest BCUT2D eigenvalue weighted by Gasteiger charge is 2.19. The molecule has 0 aliphatic rings. The number of benzene rings is 1. The summed E-state index contributed by atoms with van der Waals surface area (Å²) in [6, 6.07) is 7.94. The topological polar surface area (TPSA) is 12.0 Å². The second kappa shape index (κ2) is 6.59. The fraction of sp³-hybridized carbons (Fsp3) is 0.286. The van der Waals surface area contributed by atoms with Gasteiger partial charge in [0.2, 0.25) is 0 Å². The highest BCUT2D eigenvalue weighted by Crippen LogP contribution is 2.37. The highest BCUT2D eigenvalue weighted by molar-refractivity contribution is 9.11. The number of aryl methyl sites for hydroxylation is 1. The molecule has 1 atom stereocenters. The van der Waals surface area contributed by atoms with E-state index in [1.165, 1.54) is 10.4 Å². The van der Waals surface area contributed by atoms with Crippen LogP contribution in [0.4, 0.5) is 0 Å². The van der Waals surface area contributed by atoms with Crippen molar-refractivity contribution in [1.29, 1.82) is 0 Å². The molecule has 0 aliphatic heterocycles. The quantitative estimate of drug-likeness (QED) is 0.706. The minimum atomic E-state index is 0.102. The summed E-state index contributed by atoms with van der Waals surface area (Å²) in [4.78, 5) is 1.25. The molecular formula is C14H14BrCl2NS. The summed E-state index contributed by atoms with van der Waals surface area (Å²) < 4.78 is 1.16. The van der Waals surface area contributed by atoms with Gasteiger partial charge in [-0.2, -0.15) is 0 Å². The summed E-state index contributed by atoms with van der Waals surface area (Å²) in [5.41, 5.74) is 2.30. The van der Waals surface area contributed by atoms with Crippen LogP contribution < -0.4 is 5.32 Å². The molecule has 0 spiro atoms.